The molecule has 10 atom stereocenters. The van der Waals surface area contributed by atoms with E-state index in [9.17, 15) is 9.18 Å². The van der Waals surface area contributed by atoms with Gasteiger partial charge in [-0.3, -0.25) is 15.4 Å². The van der Waals surface area contributed by atoms with Gasteiger partial charge in [0, 0.05) is 44.8 Å². The van der Waals surface area contributed by atoms with Crippen LogP contribution in [-0.4, -0.2) is 105 Å². The Labute approximate surface area is 202 Å². The maximum absolute atomic E-state index is 13.8. The summed E-state index contributed by atoms with van der Waals surface area (Å²) in [7, 11) is 2.15. The van der Waals surface area contributed by atoms with Gasteiger partial charge in [-0.05, 0) is 58.0 Å². The van der Waals surface area contributed by atoms with Gasteiger partial charge in [-0.15, -0.1) is 0 Å². The van der Waals surface area contributed by atoms with Crippen molar-refractivity contribution in [1.29, 1.82) is 0 Å². The van der Waals surface area contributed by atoms with Gasteiger partial charge in [-0.2, -0.15) is 0 Å². The van der Waals surface area contributed by atoms with E-state index in [1.54, 1.807) is 5.01 Å². The number of hydrazine groups is 1. The summed E-state index contributed by atoms with van der Waals surface area (Å²) in [5, 5.41) is 15.4. The van der Waals surface area contributed by atoms with Crippen LogP contribution in [0.2, 0.25) is 0 Å². The van der Waals surface area contributed by atoms with Crippen LogP contribution in [0.4, 0.5) is 4.39 Å². The van der Waals surface area contributed by atoms with Crippen molar-refractivity contribution in [1.82, 2.24) is 36.6 Å². The van der Waals surface area contributed by atoms with Crippen molar-refractivity contribution in [2.24, 2.45) is 23.5 Å². The molecule has 11 heteroatoms. The predicted octanol–water partition coefficient (Wildman–Crippen LogP) is -1.50. The zero-order chi connectivity index (χ0) is 23.8. The average molecular weight is 483 g/mol. The summed E-state index contributed by atoms with van der Waals surface area (Å²) in [5.74, 6) is 0.353. The fraction of sp³-hybridized carbons (Fsp3) is 0.957. The van der Waals surface area contributed by atoms with Crippen molar-refractivity contribution in [3.8, 4) is 0 Å². The predicted molar refractivity (Wildman–Crippen MR) is 127 cm³/mol. The minimum atomic E-state index is -0.965. The molecule has 0 spiro atoms. The number of likely N-dealkylation sites (N-methyl/N-ethyl adjacent to an activating group) is 1. The second-order valence-electron chi connectivity index (χ2n) is 11.0. The van der Waals surface area contributed by atoms with Crippen molar-refractivity contribution in [2.45, 2.75) is 75.5 Å². The fourth-order valence-electron chi connectivity index (χ4n) is 6.83. The van der Waals surface area contributed by atoms with E-state index in [-0.39, 0.29) is 37.4 Å². The van der Waals surface area contributed by atoms with E-state index in [0.717, 1.165) is 51.9 Å². The first-order chi connectivity index (χ1) is 16.4. The van der Waals surface area contributed by atoms with Gasteiger partial charge in [0.05, 0.1) is 24.4 Å². The number of hydrogen-bond acceptors (Lipinski definition) is 9. The van der Waals surface area contributed by atoms with Crippen LogP contribution < -0.4 is 32.4 Å². The molecule has 5 fully saturated rings. The largest absolute Gasteiger partial charge is 0.359 e. The summed E-state index contributed by atoms with van der Waals surface area (Å²) in [6, 6.07) is 0.378. The minimum absolute atomic E-state index is 0.0511. The Morgan fingerprint density at radius 1 is 1.15 bits per heavy atom. The zero-order valence-corrected chi connectivity index (χ0v) is 20.5. The Kier molecular flexibility index (Phi) is 7.72. The molecule has 0 aromatic carbocycles. The molecule has 194 valence electrons. The first-order valence-electron chi connectivity index (χ1n) is 13.2. The van der Waals surface area contributed by atoms with E-state index in [0.29, 0.717) is 24.0 Å². The molecule has 5 aliphatic heterocycles. The van der Waals surface area contributed by atoms with Crippen molar-refractivity contribution in [3.05, 3.63) is 0 Å². The van der Waals surface area contributed by atoms with Crippen LogP contribution in [0.1, 0.15) is 32.6 Å². The molecule has 5 heterocycles. The van der Waals surface area contributed by atoms with Gasteiger partial charge in [-0.25, -0.2) is 14.8 Å². The molecule has 0 aromatic rings. The van der Waals surface area contributed by atoms with Crippen LogP contribution in [0.15, 0.2) is 0 Å². The highest BCUT2D eigenvalue weighted by atomic mass is 19.1. The molecule has 0 radical (unpaired) electrons. The maximum atomic E-state index is 13.8. The molecule has 0 bridgehead atoms. The van der Waals surface area contributed by atoms with Gasteiger partial charge < -0.3 is 26.0 Å². The lowest BCUT2D eigenvalue weighted by Gasteiger charge is -2.45. The number of rotatable bonds is 5. The second kappa shape index (κ2) is 10.6. The Morgan fingerprint density at radius 3 is 2.76 bits per heavy atom. The van der Waals surface area contributed by atoms with Gasteiger partial charge in [0.2, 0.25) is 5.91 Å². The molecule has 5 rings (SSSR count). The first-order valence-corrected chi connectivity index (χ1v) is 13.2. The molecule has 10 nitrogen and oxygen atoms in total. The molecule has 0 aliphatic carbocycles. The molecule has 9 unspecified atom stereocenters. The Balaban J connectivity index is 1.18. The number of carbonyl (C=O) groups is 1. The second-order valence-corrected chi connectivity index (χ2v) is 11.0. The third-order valence-electron chi connectivity index (χ3n) is 8.59. The third kappa shape index (κ3) is 5.27. The SMILES string of the molecule is CC1NC(O[C@@H]2CCN(C)C2)CCC1C1CCNCC1NC(=O)C1C(N)NN2CC(F)CNC12. The van der Waals surface area contributed by atoms with Gasteiger partial charge in [0.15, 0.2) is 0 Å². The summed E-state index contributed by atoms with van der Waals surface area (Å²) < 4.78 is 20.2. The number of nitrogens with zero attached hydrogens (tertiary/aromatic N) is 2. The highest BCUT2D eigenvalue weighted by Gasteiger charge is 2.48. The Hall–Kier alpha value is -0.920. The van der Waals surface area contributed by atoms with E-state index in [2.05, 4.69) is 45.6 Å². The van der Waals surface area contributed by atoms with E-state index in [1.165, 1.54) is 0 Å². The van der Waals surface area contributed by atoms with E-state index >= 15 is 0 Å². The first kappa shape index (κ1) is 24.8. The lowest BCUT2D eigenvalue weighted by atomic mass is 9.73. The standard InChI is InChI=1S/C23H43FN8O2/c1-13-16(3-4-19(28-13)34-15-6-8-31(2)12-15)17-5-7-26-10-18(17)29-23(33)20-21(25)30-32-11-14(24)9-27-22(20)32/h13-22,26-28,30H,3-12,25H2,1-2H3,(H,29,33)/t13?,14?,15-,16?,17?,18?,19?,20?,21?,22?/m1/s1. The number of alkyl halides is 1. The van der Waals surface area contributed by atoms with E-state index in [4.69, 9.17) is 10.5 Å². The lowest BCUT2D eigenvalue weighted by molar-refractivity contribution is -0.128. The number of halogens is 1. The fourth-order valence-corrected chi connectivity index (χ4v) is 6.83. The van der Waals surface area contributed by atoms with Crippen LogP contribution in [0.25, 0.3) is 0 Å². The molecule has 0 aromatic heterocycles. The number of nitrogens with one attached hydrogen (secondary N) is 5. The van der Waals surface area contributed by atoms with Crippen LogP contribution in [0, 0.1) is 17.8 Å². The monoisotopic (exact) mass is 482 g/mol. The molecule has 5 saturated heterocycles. The van der Waals surface area contributed by atoms with Crippen LogP contribution in [-0.2, 0) is 9.53 Å². The van der Waals surface area contributed by atoms with Crippen LogP contribution in [0.5, 0.6) is 0 Å². The number of nitrogens with two attached hydrogens (primary N) is 1. The number of hydrogen-bond donors (Lipinski definition) is 6. The number of ether oxygens (including phenoxy) is 1. The highest BCUT2D eigenvalue weighted by Crippen LogP contribution is 2.34. The van der Waals surface area contributed by atoms with Crippen molar-refractivity contribution >= 4 is 5.91 Å². The summed E-state index contributed by atoms with van der Waals surface area (Å²) in [6.45, 7) is 6.60. The quantitative estimate of drug-likeness (QED) is 0.278. The number of carbonyl (C=O) groups excluding carboxylic acids is 1. The number of fused-ring (bicyclic) bond motifs is 1. The van der Waals surface area contributed by atoms with Crippen molar-refractivity contribution < 1.29 is 13.9 Å². The average Bonchev–Trinajstić information content (AvgIpc) is 3.35. The maximum Gasteiger partial charge on any atom is 0.229 e. The number of piperidine rings is 2. The molecule has 5 aliphatic rings. The smallest absolute Gasteiger partial charge is 0.229 e. The molecule has 34 heavy (non-hydrogen) atoms. The minimum Gasteiger partial charge on any atom is -0.359 e. The van der Waals surface area contributed by atoms with Gasteiger partial charge in [0.25, 0.3) is 0 Å². The summed E-state index contributed by atoms with van der Waals surface area (Å²) in [5.41, 5.74) is 9.34. The summed E-state index contributed by atoms with van der Waals surface area (Å²) in [6.07, 6.45) is 2.90. The van der Waals surface area contributed by atoms with Gasteiger partial charge >= 0.3 is 0 Å². The van der Waals surface area contributed by atoms with Crippen LogP contribution in [0.3, 0.4) is 0 Å². The van der Waals surface area contributed by atoms with Gasteiger partial charge in [-0.1, -0.05) is 0 Å². The van der Waals surface area contributed by atoms with Crippen molar-refractivity contribution in [3.63, 3.8) is 0 Å². The third-order valence-corrected chi connectivity index (χ3v) is 8.59. The lowest BCUT2D eigenvalue weighted by Crippen LogP contribution is -2.62. The number of likely N-dealkylation sites (tertiary alicyclic amines) is 1. The van der Waals surface area contributed by atoms with Crippen LogP contribution >= 0.6 is 0 Å². The van der Waals surface area contributed by atoms with E-state index in [1.807, 2.05) is 0 Å². The molecule has 0 saturated carbocycles. The highest BCUT2D eigenvalue weighted by molar-refractivity contribution is 5.80. The topological polar surface area (TPSA) is 119 Å². The Bertz CT molecular complexity index is 718. The summed E-state index contributed by atoms with van der Waals surface area (Å²) >= 11 is 0. The molecule has 1 amide bonds. The Morgan fingerprint density at radius 2 is 2.00 bits per heavy atom. The van der Waals surface area contributed by atoms with Crippen molar-refractivity contribution in [2.75, 3.05) is 46.3 Å². The molecular formula is C23H43FN8O2. The zero-order valence-electron chi connectivity index (χ0n) is 20.5. The normalized spacial score (nSPS) is 46.4. The summed E-state index contributed by atoms with van der Waals surface area (Å²) in [4.78, 5) is 15.7. The van der Waals surface area contributed by atoms with Gasteiger partial charge in [0.1, 0.15) is 12.4 Å². The number of amides is 1. The molecular weight excluding hydrogens is 439 g/mol. The van der Waals surface area contributed by atoms with E-state index < -0.39 is 18.3 Å². The molecule has 7 N–H and O–H groups in total.